The molecule has 0 bridgehead atoms. The first-order chi connectivity index (χ1) is 12.2. The van der Waals surface area contributed by atoms with Crippen LogP contribution >= 0.6 is 11.6 Å². The number of hydrogen-bond acceptors (Lipinski definition) is 5. The van der Waals surface area contributed by atoms with Crippen molar-refractivity contribution in [3.05, 3.63) is 58.6 Å². The lowest BCUT2D eigenvalue weighted by atomic mass is 10.1. The van der Waals surface area contributed by atoms with Crippen LogP contribution in [0.1, 0.15) is 30.0 Å². The molecule has 1 saturated carbocycles. The third-order valence-electron chi connectivity index (χ3n) is 4.17. The van der Waals surface area contributed by atoms with Crippen molar-refractivity contribution < 1.29 is 0 Å². The second kappa shape index (κ2) is 6.54. The number of aromatic nitrogens is 4. The molecule has 0 aliphatic heterocycles. The van der Waals surface area contributed by atoms with Gasteiger partial charge in [0.05, 0.1) is 17.7 Å². The summed E-state index contributed by atoms with van der Waals surface area (Å²) in [6, 6.07) is 15.8. The third-order valence-corrected chi connectivity index (χ3v) is 4.52. The maximum absolute atomic E-state index is 8.91. The molecule has 1 heterocycles. The standard InChI is InChI=1S/C18H15ClN6/c19-17-8-12(10-20)4-5-14(17)11-21-15-3-1-2-13(9-15)18-22-23-24-25(18)16-6-7-16/h1-5,8-9,16,21H,6-7,11H2. The number of tetrazole rings is 1. The van der Waals surface area contributed by atoms with Crippen molar-refractivity contribution in [3.8, 4) is 17.5 Å². The van der Waals surface area contributed by atoms with Gasteiger partial charge in [-0.25, -0.2) is 4.68 Å². The molecule has 1 aliphatic carbocycles. The quantitative estimate of drug-likeness (QED) is 0.756. The van der Waals surface area contributed by atoms with E-state index in [2.05, 4.69) is 26.9 Å². The van der Waals surface area contributed by atoms with E-state index in [1.807, 2.05) is 35.0 Å². The van der Waals surface area contributed by atoms with Gasteiger partial charge in [0.15, 0.2) is 5.82 Å². The van der Waals surface area contributed by atoms with Crippen LogP contribution in [-0.2, 0) is 6.54 Å². The fourth-order valence-corrected chi connectivity index (χ4v) is 2.92. The van der Waals surface area contributed by atoms with Crippen LogP contribution in [0.5, 0.6) is 0 Å². The molecular formula is C18H15ClN6. The SMILES string of the molecule is N#Cc1ccc(CNc2cccc(-c3nnnn3C3CC3)c2)c(Cl)c1. The number of nitrogens with zero attached hydrogens (tertiary/aromatic N) is 5. The van der Waals surface area contributed by atoms with Crippen molar-refractivity contribution in [3.63, 3.8) is 0 Å². The minimum Gasteiger partial charge on any atom is -0.381 e. The molecule has 4 rings (SSSR count). The molecule has 0 radical (unpaired) electrons. The van der Waals surface area contributed by atoms with Gasteiger partial charge < -0.3 is 5.32 Å². The summed E-state index contributed by atoms with van der Waals surface area (Å²) in [7, 11) is 0. The second-order valence-electron chi connectivity index (χ2n) is 6.03. The summed E-state index contributed by atoms with van der Waals surface area (Å²) in [5.41, 5.74) is 3.44. The first kappa shape index (κ1) is 15.6. The monoisotopic (exact) mass is 350 g/mol. The molecule has 7 heteroatoms. The highest BCUT2D eigenvalue weighted by Crippen LogP contribution is 2.36. The predicted octanol–water partition coefficient (Wildman–Crippen LogP) is 3.81. The summed E-state index contributed by atoms with van der Waals surface area (Å²) in [4.78, 5) is 0. The molecule has 6 nitrogen and oxygen atoms in total. The molecule has 0 saturated heterocycles. The van der Waals surface area contributed by atoms with Gasteiger partial charge in [0.2, 0.25) is 0 Å². The molecule has 0 amide bonds. The topological polar surface area (TPSA) is 79.4 Å². The largest absolute Gasteiger partial charge is 0.381 e. The Labute approximate surface area is 150 Å². The minimum atomic E-state index is 0.430. The Bertz CT molecular complexity index is 954. The van der Waals surface area contributed by atoms with Crippen LogP contribution < -0.4 is 5.32 Å². The van der Waals surface area contributed by atoms with Crippen molar-refractivity contribution in [2.24, 2.45) is 0 Å². The van der Waals surface area contributed by atoms with Crippen LogP contribution in [0, 0.1) is 11.3 Å². The van der Waals surface area contributed by atoms with Crippen molar-refractivity contribution in [2.45, 2.75) is 25.4 Å². The van der Waals surface area contributed by atoms with Crippen LogP contribution in [0.3, 0.4) is 0 Å². The number of benzene rings is 2. The molecule has 124 valence electrons. The highest BCUT2D eigenvalue weighted by Gasteiger charge is 2.28. The summed E-state index contributed by atoms with van der Waals surface area (Å²) in [6.45, 7) is 0.571. The zero-order valence-electron chi connectivity index (χ0n) is 13.4. The van der Waals surface area contributed by atoms with Crippen LogP contribution in [-0.4, -0.2) is 20.2 Å². The Hall–Kier alpha value is -2.91. The number of hydrogen-bond donors (Lipinski definition) is 1. The Morgan fingerprint density at radius 1 is 1.24 bits per heavy atom. The molecule has 1 aromatic heterocycles. The van der Waals surface area contributed by atoms with Crippen LogP contribution in [0.2, 0.25) is 5.02 Å². The van der Waals surface area contributed by atoms with Gasteiger partial charge >= 0.3 is 0 Å². The van der Waals surface area contributed by atoms with Gasteiger partial charge in [-0.2, -0.15) is 5.26 Å². The Balaban J connectivity index is 1.52. The van der Waals surface area contributed by atoms with Gasteiger partial charge in [0, 0.05) is 22.8 Å². The summed E-state index contributed by atoms with van der Waals surface area (Å²) in [5.74, 6) is 0.794. The average Bonchev–Trinajstić information content (AvgIpc) is 3.37. The van der Waals surface area contributed by atoms with Crippen molar-refractivity contribution in [1.29, 1.82) is 5.26 Å². The van der Waals surface area contributed by atoms with Gasteiger partial charge in [-0.3, -0.25) is 0 Å². The molecule has 1 N–H and O–H groups in total. The van der Waals surface area contributed by atoms with E-state index in [-0.39, 0.29) is 0 Å². The molecular weight excluding hydrogens is 336 g/mol. The number of anilines is 1. The van der Waals surface area contributed by atoms with E-state index in [1.54, 1.807) is 12.1 Å². The summed E-state index contributed by atoms with van der Waals surface area (Å²) >= 11 is 6.23. The molecule has 0 atom stereocenters. The van der Waals surface area contributed by atoms with Gasteiger partial charge in [0.1, 0.15) is 0 Å². The van der Waals surface area contributed by atoms with Crippen molar-refractivity contribution in [1.82, 2.24) is 20.2 Å². The van der Waals surface area contributed by atoms with Crippen LogP contribution in [0.4, 0.5) is 5.69 Å². The van der Waals surface area contributed by atoms with Crippen LogP contribution in [0.15, 0.2) is 42.5 Å². The zero-order chi connectivity index (χ0) is 17.2. The van der Waals surface area contributed by atoms with E-state index in [0.29, 0.717) is 23.2 Å². The predicted molar refractivity (Wildman–Crippen MR) is 95.0 cm³/mol. The summed E-state index contributed by atoms with van der Waals surface area (Å²) in [5, 5.41) is 24.9. The lowest BCUT2D eigenvalue weighted by Gasteiger charge is -2.10. The molecule has 1 fully saturated rings. The number of rotatable bonds is 5. The highest BCUT2D eigenvalue weighted by molar-refractivity contribution is 6.31. The normalized spacial score (nSPS) is 13.4. The third kappa shape index (κ3) is 3.32. The van der Waals surface area contributed by atoms with E-state index < -0.39 is 0 Å². The van der Waals surface area contributed by atoms with E-state index >= 15 is 0 Å². The molecule has 2 aromatic carbocycles. The average molecular weight is 351 g/mol. The van der Waals surface area contributed by atoms with E-state index in [9.17, 15) is 0 Å². The zero-order valence-corrected chi connectivity index (χ0v) is 14.1. The Morgan fingerprint density at radius 3 is 2.88 bits per heavy atom. The second-order valence-corrected chi connectivity index (χ2v) is 6.44. The summed E-state index contributed by atoms with van der Waals surface area (Å²) in [6.07, 6.45) is 2.26. The van der Waals surface area contributed by atoms with Gasteiger partial charge in [-0.15, -0.1) is 5.10 Å². The fourth-order valence-electron chi connectivity index (χ4n) is 2.67. The number of nitrogens with one attached hydrogen (secondary N) is 1. The maximum Gasteiger partial charge on any atom is 0.182 e. The molecule has 25 heavy (non-hydrogen) atoms. The first-order valence-corrected chi connectivity index (χ1v) is 8.43. The van der Waals surface area contributed by atoms with Gasteiger partial charge in [0.25, 0.3) is 0 Å². The van der Waals surface area contributed by atoms with Crippen molar-refractivity contribution >= 4 is 17.3 Å². The Kier molecular flexibility index (Phi) is 4.08. The first-order valence-electron chi connectivity index (χ1n) is 8.05. The van der Waals surface area contributed by atoms with E-state index in [1.165, 1.54) is 0 Å². The van der Waals surface area contributed by atoms with Gasteiger partial charge in [-0.05, 0) is 53.1 Å². The molecule has 0 unspecified atom stereocenters. The van der Waals surface area contributed by atoms with Crippen molar-refractivity contribution in [2.75, 3.05) is 5.32 Å². The number of halogens is 1. The highest BCUT2D eigenvalue weighted by atomic mass is 35.5. The minimum absolute atomic E-state index is 0.430. The lowest BCUT2D eigenvalue weighted by molar-refractivity contribution is 0.615. The van der Waals surface area contributed by atoms with E-state index in [4.69, 9.17) is 16.9 Å². The molecule has 0 spiro atoms. The maximum atomic E-state index is 8.91. The van der Waals surface area contributed by atoms with E-state index in [0.717, 1.165) is 35.5 Å². The molecule has 3 aromatic rings. The fraction of sp³-hybridized carbons (Fsp3) is 0.222. The Morgan fingerprint density at radius 2 is 2.12 bits per heavy atom. The van der Waals surface area contributed by atoms with Gasteiger partial charge in [-0.1, -0.05) is 29.8 Å². The smallest absolute Gasteiger partial charge is 0.182 e. The van der Waals surface area contributed by atoms with Crippen LogP contribution in [0.25, 0.3) is 11.4 Å². The summed E-state index contributed by atoms with van der Waals surface area (Å²) < 4.78 is 1.90. The lowest BCUT2D eigenvalue weighted by Crippen LogP contribution is -2.02. The molecule has 1 aliphatic rings. The number of nitriles is 1.